The van der Waals surface area contributed by atoms with Gasteiger partial charge in [-0.2, -0.15) is 26.3 Å². The summed E-state index contributed by atoms with van der Waals surface area (Å²) in [6, 6.07) is 9.64. The van der Waals surface area contributed by atoms with Gasteiger partial charge < -0.3 is 0 Å². The Labute approximate surface area is 122 Å². The quantitative estimate of drug-likeness (QED) is 0.601. The van der Waals surface area contributed by atoms with Crippen LogP contribution in [0.5, 0.6) is 0 Å². The average Bonchev–Trinajstić information content (AvgIpc) is 2.45. The van der Waals surface area contributed by atoms with E-state index in [0.717, 1.165) is 12.1 Å². The van der Waals surface area contributed by atoms with Gasteiger partial charge in [0.25, 0.3) is 0 Å². The van der Waals surface area contributed by atoms with Crippen molar-refractivity contribution in [1.29, 1.82) is 0 Å². The minimum atomic E-state index is -4.54. The summed E-state index contributed by atoms with van der Waals surface area (Å²) in [6.45, 7) is 2.97. The molecule has 0 aliphatic heterocycles. The van der Waals surface area contributed by atoms with Crippen LogP contribution in [0, 0.1) is 0 Å². The third-order valence-corrected chi connectivity index (χ3v) is 3.10. The minimum absolute atomic E-state index is 0.122. The number of alkyl halides is 6. The first-order chi connectivity index (χ1) is 10.1. The lowest BCUT2D eigenvalue weighted by Crippen LogP contribution is -2.09. The normalized spacial score (nSPS) is 12.3. The Hall–Kier alpha value is -2.24. The summed E-state index contributed by atoms with van der Waals surface area (Å²) in [4.78, 5) is 0. The highest BCUT2D eigenvalue weighted by molar-refractivity contribution is 5.71. The summed E-state index contributed by atoms with van der Waals surface area (Å²) in [5, 5.41) is 0. The monoisotopic (exact) mass is 316 g/mol. The van der Waals surface area contributed by atoms with E-state index >= 15 is 0 Å². The van der Waals surface area contributed by atoms with Crippen molar-refractivity contribution in [3.05, 3.63) is 66.2 Å². The van der Waals surface area contributed by atoms with E-state index in [2.05, 4.69) is 6.58 Å². The van der Waals surface area contributed by atoms with Crippen molar-refractivity contribution in [2.75, 3.05) is 0 Å². The van der Waals surface area contributed by atoms with Crippen molar-refractivity contribution < 1.29 is 26.3 Å². The molecule has 0 bridgehead atoms. The van der Waals surface area contributed by atoms with E-state index in [0.29, 0.717) is 5.56 Å². The molecule has 0 saturated heterocycles. The smallest absolute Gasteiger partial charge is 0.166 e. The molecule has 2 rings (SSSR count). The van der Waals surface area contributed by atoms with E-state index in [9.17, 15) is 26.3 Å². The van der Waals surface area contributed by atoms with E-state index in [-0.39, 0.29) is 11.1 Å². The molecule has 2 aromatic rings. The summed E-state index contributed by atoms with van der Waals surface area (Å²) in [5.74, 6) is 0. The van der Waals surface area contributed by atoms with Gasteiger partial charge in [-0.3, -0.25) is 0 Å². The largest absolute Gasteiger partial charge is 0.416 e. The summed E-state index contributed by atoms with van der Waals surface area (Å²) < 4.78 is 75.5. The number of hydrogen-bond donors (Lipinski definition) is 0. The first kappa shape index (κ1) is 16.1. The Kier molecular flexibility index (Phi) is 4.04. The van der Waals surface area contributed by atoms with Gasteiger partial charge in [-0.05, 0) is 28.8 Å². The van der Waals surface area contributed by atoms with Gasteiger partial charge in [0.1, 0.15) is 0 Å². The predicted octanol–water partition coefficient (Wildman–Crippen LogP) is 5.95. The van der Waals surface area contributed by atoms with E-state index in [1.54, 1.807) is 0 Å². The molecule has 6 heteroatoms. The fourth-order valence-electron chi connectivity index (χ4n) is 1.90. The molecule has 0 nitrogen and oxygen atoms in total. The molecule has 0 aliphatic carbocycles. The highest BCUT2D eigenvalue weighted by atomic mass is 19.4. The topological polar surface area (TPSA) is 0 Å². The molecular formula is C16H10F6. The first-order valence-electron chi connectivity index (χ1n) is 6.13. The zero-order chi connectivity index (χ0) is 16.5. The fourth-order valence-corrected chi connectivity index (χ4v) is 1.90. The lowest BCUT2D eigenvalue weighted by atomic mass is 9.99. The minimum Gasteiger partial charge on any atom is -0.166 e. The Balaban J connectivity index is 2.34. The van der Waals surface area contributed by atoms with E-state index in [4.69, 9.17) is 0 Å². The zero-order valence-corrected chi connectivity index (χ0v) is 11.1. The SMILES string of the molecule is C=C(c1ccc(-c2cccc(C(F)(F)F)c2)cc1)C(F)(F)F. The Morgan fingerprint density at radius 3 is 1.86 bits per heavy atom. The molecule has 0 fully saturated rings. The van der Waals surface area contributed by atoms with Gasteiger partial charge >= 0.3 is 12.4 Å². The molecule has 0 aromatic heterocycles. The summed E-state index contributed by atoms with van der Waals surface area (Å²) in [7, 11) is 0. The number of allylic oxidation sites excluding steroid dienone is 1. The molecule has 0 heterocycles. The van der Waals surface area contributed by atoms with E-state index in [1.807, 2.05) is 0 Å². The maximum atomic E-state index is 12.6. The van der Waals surface area contributed by atoms with Gasteiger partial charge in [0.2, 0.25) is 0 Å². The molecule has 0 unspecified atom stereocenters. The second-order valence-electron chi connectivity index (χ2n) is 4.63. The number of benzene rings is 2. The van der Waals surface area contributed by atoms with Gasteiger partial charge in [0.15, 0.2) is 0 Å². The van der Waals surface area contributed by atoms with Gasteiger partial charge in [0.05, 0.1) is 11.1 Å². The van der Waals surface area contributed by atoms with Crippen molar-refractivity contribution in [1.82, 2.24) is 0 Å². The number of hydrogen-bond acceptors (Lipinski definition) is 0. The molecule has 0 N–H and O–H groups in total. The van der Waals surface area contributed by atoms with Crippen molar-refractivity contribution >= 4 is 5.57 Å². The molecule has 0 amide bonds. The van der Waals surface area contributed by atoms with E-state index in [1.165, 1.54) is 36.4 Å². The zero-order valence-electron chi connectivity index (χ0n) is 11.1. The van der Waals surface area contributed by atoms with Gasteiger partial charge in [0, 0.05) is 0 Å². The standard InChI is InChI=1S/C16H10F6/c1-10(15(17,18)19)11-5-7-12(8-6-11)13-3-2-4-14(9-13)16(20,21)22/h2-9H,1H2. The third-order valence-electron chi connectivity index (χ3n) is 3.10. The first-order valence-corrected chi connectivity index (χ1v) is 6.13. The summed E-state index contributed by atoms with van der Waals surface area (Å²) in [6.07, 6.45) is -9.02. The van der Waals surface area contributed by atoms with Crippen LogP contribution >= 0.6 is 0 Å². The van der Waals surface area contributed by atoms with Crippen molar-refractivity contribution in [2.24, 2.45) is 0 Å². The van der Waals surface area contributed by atoms with Crippen LogP contribution in [0.4, 0.5) is 26.3 Å². The molecule has 0 spiro atoms. The molecule has 0 atom stereocenters. The van der Waals surface area contributed by atoms with Crippen molar-refractivity contribution in [3.8, 4) is 11.1 Å². The second kappa shape index (κ2) is 5.51. The lowest BCUT2D eigenvalue weighted by molar-refractivity contribution is -0.137. The average molecular weight is 316 g/mol. The lowest BCUT2D eigenvalue weighted by Gasteiger charge is -2.12. The van der Waals surface area contributed by atoms with Crippen LogP contribution in [-0.2, 0) is 6.18 Å². The molecule has 22 heavy (non-hydrogen) atoms. The van der Waals surface area contributed by atoms with Gasteiger partial charge in [-0.15, -0.1) is 0 Å². The van der Waals surface area contributed by atoms with Crippen LogP contribution in [-0.4, -0.2) is 6.18 Å². The van der Waals surface area contributed by atoms with E-state index < -0.39 is 23.5 Å². The molecule has 116 valence electrons. The van der Waals surface area contributed by atoms with Crippen LogP contribution < -0.4 is 0 Å². The maximum absolute atomic E-state index is 12.6. The van der Waals surface area contributed by atoms with Crippen LogP contribution in [0.15, 0.2) is 55.1 Å². The molecule has 0 radical (unpaired) electrons. The predicted molar refractivity (Wildman–Crippen MR) is 72.0 cm³/mol. The fraction of sp³-hybridized carbons (Fsp3) is 0.125. The number of halogens is 6. The van der Waals surface area contributed by atoms with Crippen molar-refractivity contribution in [2.45, 2.75) is 12.4 Å². The summed E-state index contributed by atoms with van der Waals surface area (Å²) >= 11 is 0. The highest BCUT2D eigenvalue weighted by Crippen LogP contribution is 2.34. The Bertz CT molecular complexity index is 677. The Morgan fingerprint density at radius 2 is 1.36 bits per heavy atom. The number of rotatable bonds is 2. The maximum Gasteiger partial charge on any atom is 0.416 e. The van der Waals surface area contributed by atoms with Gasteiger partial charge in [-0.1, -0.05) is 43.0 Å². The molecule has 0 saturated carbocycles. The molecule has 0 aliphatic rings. The van der Waals surface area contributed by atoms with Crippen LogP contribution in [0.1, 0.15) is 11.1 Å². The Morgan fingerprint density at radius 1 is 0.773 bits per heavy atom. The van der Waals surface area contributed by atoms with Crippen LogP contribution in [0.3, 0.4) is 0 Å². The third kappa shape index (κ3) is 3.50. The molecular weight excluding hydrogens is 306 g/mol. The highest BCUT2D eigenvalue weighted by Gasteiger charge is 2.33. The molecule has 2 aromatic carbocycles. The van der Waals surface area contributed by atoms with Crippen LogP contribution in [0.25, 0.3) is 16.7 Å². The van der Waals surface area contributed by atoms with Crippen molar-refractivity contribution in [3.63, 3.8) is 0 Å². The van der Waals surface area contributed by atoms with Crippen LogP contribution in [0.2, 0.25) is 0 Å². The second-order valence-corrected chi connectivity index (χ2v) is 4.63. The summed E-state index contributed by atoms with van der Waals surface area (Å²) in [5.41, 5.74) is -1.26. The van der Waals surface area contributed by atoms with Gasteiger partial charge in [-0.25, -0.2) is 0 Å².